The molecule has 0 heterocycles. The lowest BCUT2D eigenvalue weighted by molar-refractivity contribution is -0.384. The van der Waals surface area contributed by atoms with Crippen LogP contribution in [0.15, 0.2) is 18.2 Å². The number of nitro groups is 1. The highest BCUT2D eigenvalue weighted by atomic mass is 16.6. The number of nitro benzene ring substituents is 1. The Labute approximate surface area is 110 Å². The van der Waals surface area contributed by atoms with E-state index in [2.05, 4.69) is 5.32 Å². The molecule has 6 nitrogen and oxygen atoms in total. The molecular weight excluding hydrogens is 246 g/mol. The minimum Gasteiger partial charge on any atom is -0.391 e. The first-order valence-corrected chi connectivity index (χ1v) is 6.25. The van der Waals surface area contributed by atoms with E-state index in [0.717, 1.165) is 25.7 Å². The van der Waals surface area contributed by atoms with Crippen LogP contribution in [0.4, 0.5) is 11.4 Å². The topological polar surface area (TPSA) is 99.2 Å². The molecule has 1 aliphatic carbocycles. The fourth-order valence-corrected chi connectivity index (χ4v) is 2.34. The molecule has 1 aromatic carbocycles. The van der Waals surface area contributed by atoms with Crippen LogP contribution < -0.4 is 5.32 Å². The number of nitriles is 1. The van der Waals surface area contributed by atoms with E-state index >= 15 is 0 Å². The molecule has 0 spiro atoms. The predicted octanol–water partition coefficient (Wildman–Crippen LogP) is 2.18. The number of anilines is 1. The molecule has 0 saturated heterocycles. The summed E-state index contributed by atoms with van der Waals surface area (Å²) in [5, 5.41) is 32.7. The van der Waals surface area contributed by atoms with E-state index in [-0.39, 0.29) is 17.3 Å². The summed E-state index contributed by atoms with van der Waals surface area (Å²) in [6.07, 6.45) is 3.18. The van der Waals surface area contributed by atoms with Gasteiger partial charge in [-0.3, -0.25) is 10.1 Å². The molecule has 1 aromatic rings. The van der Waals surface area contributed by atoms with E-state index < -0.39 is 11.0 Å². The van der Waals surface area contributed by atoms with Crippen LogP contribution in [0.25, 0.3) is 0 Å². The zero-order valence-electron chi connectivity index (χ0n) is 10.4. The maximum absolute atomic E-state index is 10.7. The van der Waals surface area contributed by atoms with E-state index in [9.17, 15) is 15.2 Å². The Kier molecular flexibility index (Phi) is 3.97. The van der Waals surface area contributed by atoms with Crippen molar-refractivity contribution in [1.82, 2.24) is 0 Å². The Balaban J connectivity index is 2.20. The van der Waals surface area contributed by atoms with E-state index in [1.165, 1.54) is 18.2 Å². The van der Waals surface area contributed by atoms with Gasteiger partial charge in [-0.15, -0.1) is 0 Å². The molecule has 0 aromatic heterocycles. The molecule has 19 heavy (non-hydrogen) atoms. The highest BCUT2D eigenvalue weighted by Crippen LogP contribution is 2.26. The van der Waals surface area contributed by atoms with Gasteiger partial charge in [0.1, 0.15) is 6.07 Å². The van der Waals surface area contributed by atoms with Crippen LogP contribution in [-0.4, -0.2) is 22.2 Å². The Morgan fingerprint density at radius 2 is 2.16 bits per heavy atom. The lowest BCUT2D eigenvalue weighted by Gasteiger charge is -2.29. The van der Waals surface area contributed by atoms with Gasteiger partial charge in [0.25, 0.3) is 5.69 Å². The summed E-state index contributed by atoms with van der Waals surface area (Å²) in [6, 6.07) is 5.98. The molecule has 1 aliphatic rings. The Hall–Kier alpha value is -2.13. The minimum atomic E-state index is -0.528. The number of benzene rings is 1. The van der Waals surface area contributed by atoms with Gasteiger partial charge in [0, 0.05) is 12.1 Å². The molecule has 2 N–H and O–H groups in total. The van der Waals surface area contributed by atoms with Crippen molar-refractivity contribution in [2.75, 3.05) is 5.32 Å². The SMILES string of the molecule is N#Cc1cc([N+](=O)[O-])ccc1N[C@H]1CCCC[C@@H]1O. The first-order chi connectivity index (χ1) is 9.11. The van der Waals surface area contributed by atoms with E-state index in [0.29, 0.717) is 5.69 Å². The van der Waals surface area contributed by atoms with Crippen molar-refractivity contribution in [2.45, 2.75) is 37.8 Å². The van der Waals surface area contributed by atoms with Crippen molar-refractivity contribution in [3.8, 4) is 6.07 Å². The number of aliphatic hydroxyl groups excluding tert-OH is 1. The van der Waals surface area contributed by atoms with Crippen molar-refractivity contribution in [3.05, 3.63) is 33.9 Å². The molecular formula is C13H15N3O3. The third-order valence-corrected chi connectivity index (χ3v) is 3.40. The van der Waals surface area contributed by atoms with Crippen LogP contribution in [0, 0.1) is 21.4 Å². The number of non-ortho nitro benzene ring substituents is 1. The van der Waals surface area contributed by atoms with Gasteiger partial charge >= 0.3 is 0 Å². The Morgan fingerprint density at radius 3 is 2.79 bits per heavy atom. The summed E-state index contributed by atoms with van der Waals surface area (Å²) in [5.41, 5.74) is 0.664. The van der Waals surface area contributed by atoms with Crippen molar-refractivity contribution >= 4 is 11.4 Å². The molecule has 0 amide bonds. The molecule has 2 atom stereocenters. The second kappa shape index (κ2) is 5.67. The van der Waals surface area contributed by atoms with Crippen molar-refractivity contribution in [2.24, 2.45) is 0 Å². The monoisotopic (exact) mass is 261 g/mol. The minimum absolute atomic E-state index is 0.0951. The lowest BCUT2D eigenvalue weighted by atomic mass is 9.92. The van der Waals surface area contributed by atoms with Crippen molar-refractivity contribution in [3.63, 3.8) is 0 Å². The fourth-order valence-electron chi connectivity index (χ4n) is 2.34. The summed E-state index contributed by atoms with van der Waals surface area (Å²) in [6.45, 7) is 0. The van der Waals surface area contributed by atoms with Crippen LogP contribution >= 0.6 is 0 Å². The first kappa shape index (κ1) is 13.3. The largest absolute Gasteiger partial charge is 0.391 e. The van der Waals surface area contributed by atoms with E-state index in [1.54, 1.807) is 0 Å². The van der Waals surface area contributed by atoms with Gasteiger partial charge in [0.15, 0.2) is 0 Å². The Morgan fingerprint density at radius 1 is 1.42 bits per heavy atom. The van der Waals surface area contributed by atoms with Gasteiger partial charge in [-0.2, -0.15) is 5.26 Å². The second-order valence-corrected chi connectivity index (χ2v) is 4.70. The van der Waals surface area contributed by atoms with Gasteiger partial charge in [-0.05, 0) is 18.9 Å². The first-order valence-electron chi connectivity index (χ1n) is 6.25. The molecule has 1 saturated carbocycles. The number of aliphatic hydroxyl groups is 1. The van der Waals surface area contributed by atoms with E-state index in [4.69, 9.17) is 5.26 Å². The molecule has 0 bridgehead atoms. The van der Waals surface area contributed by atoms with Gasteiger partial charge < -0.3 is 10.4 Å². The zero-order chi connectivity index (χ0) is 13.8. The highest BCUT2D eigenvalue weighted by Gasteiger charge is 2.23. The molecule has 100 valence electrons. The summed E-state index contributed by atoms with van der Waals surface area (Å²) < 4.78 is 0. The smallest absolute Gasteiger partial charge is 0.270 e. The molecule has 0 radical (unpaired) electrons. The van der Waals surface area contributed by atoms with Crippen LogP contribution in [0.3, 0.4) is 0 Å². The average Bonchev–Trinajstić information content (AvgIpc) is 2.41. The van der Waals surface area contributed by atoms with Gasteiger partial charge in [-0.25, -0.2) is 0 Å². The lowest BCUT2D eigenvalue weighted by Crippen LogP contribution is -2.36. The van der Waals surface area contributed by atoms with Crippen LogP contribution in [0.1, 0.15) is 31.2 Å². The fraction of sp³-hybridized carbons (Fsp3) is 0.462. The maximum atomic E-state index is 10.7. The molecule has 0 aliphatic heterocycles. The van der Waals surface area contributed by atoms with Gasteiger partial charge in [0.2, 0.25) is 0 Å². The highest BCUT2D eigenvalue weighted by molar-refractivity contribution is 5.61. The van der Waals surface area contributed by atoms with Crippen LogP contribution in [-0.2, 0) is 0 Å². The summed E-state index contributed by atoms with van der Waals surface area (Å²) in [4.78, 5) is 10.1. The number of rotatable bonds is 3. The maximum Gasteiger partial charge on any atom is 0.270 e. The molecule has 6 heteroatoms. The number of nitrogens with one attached hydrogen (secondary N) is 1. The zero-order valence-corrected chi connectivity index (χ0v) is 10.4. The quantitative estimate of drug-likeness (QED) is 0.641. The molecule has 0 unspecified atom stereocenters. The van der Waals surface area contributed by atoms with Gasteiger partial charge in [-0.1, -0.05) is 12.8 Å². The molecule has 1 fully saturated rings. The van der Waals surface area contributed by atoms with Crippen molar-refractivity contribution < 1.29 is 10.0 Å². The standard InChI is InChI=1S/C13H15N3O3/c14-8-9-7-10(16(18)19)5-6-11(9)15-12-3-1-2-4-13(12)17/h5-7,12-13,15,17H,1-4H2/t12-,13-/m0/s1. The summed E-state index contributed by atoms with van der Waals surface area (Å²) >= 11 is 0. The second-order valence-electron chi connectivity index (χ2n) is 4.70. The van der Waals surface area contributed by atoms with Crippen molar-refractivity contribution in [1.29, 1.82) is 5.26 Å². The molecule has 2 rings (SSSR count). The van der Waals surface area contributed by atoms with Gasteiger partial charge in [0.05, 0.1) is 28.3 Å². The van der Waals surface area contributed by atoms with E-state index in [1.807, 2.05) is 6.07 Å². The summed E-state index contributed by atoms with van der Waals surface area (Å²) in [5.74, 6) is 0. The third-order valence-electron chi connectivity index (χ3n) is 3.40. The number of nitrogens with zero attached hydrogens (tertiary/aromatic N) is 2. The normalized spacial score (nSPS) is 22.5. The Bertz CT molecular complexity index is 524. The number of hydrogen-bond donors (Lipinski definition) is 2. The van der Waals surface area contributed by atoms with Crippen LogP contribution in [0.5, 0.6) is 0 Å². The average molecular weight is 261 g/mol. The third kappa shape index (κ3) is 3.01. The summed E-state index contributed by atoms with van der Waals surface area (Å²) in [7, 11) is 0. The van der Waals surface area contributed by atoms with Crippen LogP contribution in [0.2, 0.25) is 0 Å². The predicted molar refractivity (Wildman–Crippen MR) is 69.7 cm³/mol. The number of hydrogen-bond acceptors (Lipinski definition) is 5.